The van der Waals surface area contributed by atoms with Crippen molar-refractivity contribution in [3.05, 3.63) is 33.3 Å². The van der Waals surface area contributed by atoms with Gasteiger partial charge in [-0.3, -0.25) is 9.59 Å². The van der Waals surface area contributed by atoms with E-state index in [9.17, 15) is 9.59 Å². The molecule has 0 aliphatic carbocycles. The van der Waals surface area contributed by atoms with Gasteiger partial charge in [0.25, 0.3) is 5.91 Å². The number of nitrogens with one attached hydrogen (secondary N) is 1. The number of piperidine rings is 1. The van der Waals surface area contributed by atoms with Gasteiger partial charge in [0.05, 0.1) is 11.5 Å². The number of hydrogen-bond acceptors (Lipinski definition) is 2. The van der Waals surface area contributed by atoms with Crippen molar-refractivity contribution in [3.63, 3.8) is 0 Å². The first-order chi connectivity index (χ1) is 9.52. The van der Waals surface area contributed by atoms with Crippen LogP contribution in [0.4, 0.5) is 0 Å². The molecule has 1 heterocycles. The zero-order valence-corrected chi connectivity index (χ0v) is 13.5. The Morgan fingerprint density at radius 3 is 2.85 bits per heavy atom. The average molecular weight is 360 g/mol. The topological polar surface area (TPSA) is 49.4 Å². The van der Waals surface area contributed by atoms with Crippen LogP contribution >= 0.6 is 27.5 Å². The van der Waals surface area contributed by atoms with Crippen LogP contribution in [0.15, 0.2) is 22.7 Å². The van der Waals surface area contributed by atoms with Gasteiger partial charge in [-0.1, -0.05) is 11.6 Å². The molecule has 20 heavy (non-hydrogen) atoms. The van der Waals surface area contributed by atoms with Crippen LogP contribution in [0.3, 0.4) is 0 Å². The molecule has 1 saturated heterocycles. The standard InChI is InChI=1S/C14H16BrClN2O2/c1-17-13(19)9-3-2-6-18(8-9)14(20)11-5-4-10(16)7-12(11)15/h4-5,7,9H,2-3,6,8H2,1H3,(H,17,19). The van der Waals surface area contributed by atoms with Crippen molar-refractivity contribution in [2.45, 2.75) is 12.8 Å². The Bertz CT molecular complexity index is 536. The summed E-state index contributed by atoms with van der Waals surface area (Å²) < 4.78 is 0.678. The van der Waals surface area contributed by atoms with Crippen molar-refractivity contribution in [1.82, 2.24) is 10.2 Å². The van der Waals surface area contributed by atoms with Gasteiger partial charge in [0.1, 0.15) is 0 Å². The van der Waals surface area contributed by atoms with E-state index in [0.29, 0.717) is 28.1 Å². The highest BCUT2D eigenvalue weighted by molar-refractivity contribution is 9.10. The van der Waals surface area contributed by atoms with E-state index in [1.54, 1.807) is 30.1 Å². The van der Waals surface area contributed by atoms with Gasteiger partial charge in [0.2, 0.25) is 5.91 Å². The zero-order chi connectivity index (χ0) is 14.7. The summed E-state index contributed by atoms with van der Waals surface area (Å²) in [5.74, 6) is -0.191. The van der Waals surface area contributed by atoms with E-state index in [-0.39, 0.29) is 17.7 Å². The highest BCUT2D eigenvalue weighted by Gasteiger charge is 2.29. The minimum Gasteiger partial charge on any atom is -0.359 e. The van der Waals surface area contributed by atoms with E-state index in [4.69, 9.17) is 11.6 Å². The molecule has 2 amide bonds. The molecule has 0 saturated carbocycles. The lowest BCUT2D eigenvalue weighted by Crippen LogP contribution is -2.44. The Morgan fingerprint density at radius 2 is 2.20 bits per heavy atom. The first kappa shape index (κ1) is 15.3. The predicted molar refractivity (Wildman–Crippen MR) is 81.8 cm³/mol. The Balaban J connectivity index is 2.14. The third-order valence-corrected chi connectivity index (χ3v) is 4.38. The molecule has 1 aromatic rings. The lowest BCUT2D eigenvalue weighted by atomic mass is 9.96. The minimum atomic E-state index is -0.122. The molecular weight excluding hydrogens is 344 g/mol. The van der Waals surface area contributed by atoms with Gasteiger partial charge < -0.3 is 10.2 Å². The SMILES string of the molecule is CNC(=O)C1CCCN(C(=O)c2ccc(Cl)cc2Br)C1. The fourth-order valence-corrected chi connectivity index (χ4v) is 3.27. The van der Waals surface area contributed by atoms with E-state index < -0.39 is 0 Å². The van der Waals surface area contributed by atoms with Gasteiger partial charge in [-0.2, -0.15) is 0 Å². The van der Waals surface area contributed by atoms with Crippen LogP contribution in [0, 0.1) is 5.92 Å². The molecule has 0 spiro atoms. The normalized spacial score (nSPS) is 18.8. The van der Waals surface area contributed by atoms with Crippen molar-refractivity contribution >= 4 is 39.3 Å². The molecule has 6 heteroatoms. The Hall–Kier alpha value is -1.07. The first-order valence-electron chi connectivity index (χ1n) is 6.49. The summed E-state index contributed by atoms with van der Waals surface area (Å²) in [6.07, 6.45) is 1.67. The number of hydrogen-bond donors (Lipinski definition) is 1. The number of carbonyl (C=O) groups excluding carboxylic acids is 2. The molecule has 1 fully saturated rings. The van der Waals surface area contributed by atoms with E-state index in [1.807, 2.05) is 0 Å². The third kappa shape index (κ3) is 3.33. The molecule has 1 aromatic carbocycles. The molecule has 1 N–H and O–H groups in total. The highest BCUT2D eigenvalue weighted by atomic mass is 79.9. The van der Waals surface area contributed by atoms with E-state index >= 15 is 0 Å². The summed E-state index contributed by atoms with van der Waals surface area (Å²) in [5, 5.41) is 3.23. The summed E-state index contributed by atoms with van der Waals surface area (Å²) >= 11 is 9.24. The van der Waals surface area contributed by atoms with E-state index in [2.05, 4.69) is 21.2 Å². The molecule has 0 radical (unpaired) electrons. The molecular formula is C14H16BrClN2O2. The summed E-state index contributed by atoms with van der Waals surface area (Å²) in [6.45, 7) is 1.15. The van der Waals surface area contributed by atoms with Crippen LogP contribution in [-0.4, -0.2) is 36.9 Å². The molecule has 1 aliphatic heterocycles. The van der Waals surface area contributed by atoms with Crippen LogP contribution in [0.5, 0.6) is 0 Å². The fraction of sp³-hybridized carbons (Fsp3) is 0.429. The van der Waals surface area contributed by atoms with Crippen LogP contribution in [-0.2, 0) is 4.79 Å². The number of rotatable bonds is 2. The van der Waals surface area contributed by atoms with Gasteiger partial charge in [0, 0.05) is 29.6 Å². The molecule has 2 rings (SSSR count). The van der Waals surface area contributed by atoms with Gasteiger partial charge in [-0.25, -0.2) is 0 Å². The number of nitrogens with zero attached hydrogens (tertiary/aromatic N) is 1. The van der Waals surface area contributed by atoms with Gasteiger partial charge >= 0.3 is 0 Å². The summed E-state index contributed by atoms with van der Waals surface area (Å²) in [5.41, 5.74) is 0.576. The number of halogens is 2. The maximum Gasteiger partial charge on any atom is 0.255 e. The van der Waals surface area contributed by atoms with Crippen molar-refractivity contribution in [3.8, 4) is 0 Å². The highest BCUT2D eigenvalue weighted by Crippen LogP contribution is 2.25. The van der Waals surface area contributed by atoms with E-state index in [1.165, 1.54) is 0 Å². The van der Waals surface area contributed by atoms with Crippen molar-refractivity contribution < 1.29 is 9.59 Å². The molecule has 1 unspecified atom stereocenters. The molecule has 4 nitrogen and oxygen atoms in total. The number of amides is 2. The quantitative estimate of drug-likeness (QED) is 0.882. The van der Waals surface area contributed by atoms with Crippen molar-refractivity contribution in [2.24, 2.45) is 5.92 Å². The second kappa shape index (κ2) is 6.59. The molecule has 108 valence electrons. The summed E-state index contributed by atoms with van der Waals surface area (Å²) in [4.78, 5) is 26.0. The van der Waals surface area contributed by atoms with Gasteiger partial charge in [-0.15, -0.1) is 0 Å². The Morgan fingerprint density at radius 1 is 1.45 bits per heavy atom. The lowest BCUT2D eigenvalue weighted by molar-refractivity contribution is -0.125. The molecule has 1 aliphatic rings. The van der Waals surface area contributed by atoms with Crippen molar-refractivity contribution in [2.75, 3.05) is 20.1 Å². The van der Waals surface area contributed by atoms with Crippen LogP contribution in [0.2, 0.25) is 5.02 Å². The maximum absolute atomic E-state index is 12.5. The second-order valence-electron chi connectivity index (χ2n) is 4.83. The largest absolute Gasteiger partial charge is 0.359 e. The van der Waals surface area contributed by atoms with Crippen molar-refractivity contribution in [1.29, 1.82) is 0 Å². The first-order valence-corrected chi connectivity index (χ1v) is 7.66. The summed E-state index contributed by atoms with van der Waals surface area (Å²) in [7, 11) is 1.62. The monoisotopic (exact) mass is 358 g/mol. The van der Waals surface area contributed by atoms with E-state index in [0.717, 1.165) is 12.8 Å². The van der Waals surface area contributed by atoms with Crippen LogP contribution in [0.25, 0.3) is 0 Å². The number of benzene rings is 1. The second-order valence-corrected chi connectivity index (χ2v) is 6.12. The van der Waals surface area contributed by atoms with Gasteiger partial charge in [-0.05, 0) is 47.0 Å². The molecule has 0 aromatic heterocycles. The Labute approximate surface area is 131 Å². The Kier molecular flexibility index (Phi) is 5.05. The van der Waals surface area contributed by atoms with Crippen LogP contribution in [0.1, 0.15) is 23.2 Å². The van der Waals surface area contributed by atoms with Gasteiger partial charge in [0.15, 0.2) is 0 Å². The average Bonchev–Trinajstić information content (AvgIpc) is 2.46. The third-order valence-electron chi connectivity index (χ3n) is 3.49. The fourth-order valence-electron chi connectivity index (χ4n) is 2.41. The number of likely N-dealkylation sites (tertiary alicyclic amines) is 1. The molecule has 0 bridgehead atoms. The maximum atomic E-state index is 12.5. The smallest absolute Gasteiger partial charge is 0.255 e. The number of carbonyl (C=O) groups is 2. The zero-order valence-electron chi connectivity index (χ0n) is 11.2. The minimum absolute atomic E-state index is 0.00216. The lowest BCUT2D eigenvalue weighted by Gasteiger charge is -2.32. The predicted octanol–water partition coefficient (Wildman–Crippen LogP) is 2.70. The summed E-state index contributed by atoms with van der Waals surface area (Å²) in [6, 6.07) is 5.10. The van der Waals surface area contributed by atoms with Crippen LogP contribution < -0.4 is 5.32 Å². The molecule has 1 atom stereocenters.